The summed E-state index contributed by atoms with van der Waals surface area (Å²) < 4.78 is 6.02. The van der Waals surface area contributed by atoms with Crippen LogP contribution in [0.3, 0.4) is 0 Å². The number of ether oxygens (including phenoxy) is 1. The van der Waals surface area contributed by atoms with Crippen LogP contribution in [0, 0.1) is 40.4 Å². The maximum absolute atomic E-state index is 8.63. The van der Waals surface area contributed by atoms with Crippen molar-refractivity contribution in [1.29, 1.82) is 5.41 Å². The first-order valence-corrected chi connectivity index (χ1v) is 16.8. The summed E-state index contributed by atoms with van der Waals surface area (Å²) in [6.07, 6.45) is 10.8. The molecule has 0 spiro atoms. The number of piperidine rings is 1. The van der Waals surface area contributed by atoms with Crippen LogP contribution in [0.15, 0.2) is 30.6 Å². The van der Waals surface area contributed by atoms with Crippen LogP contribution >= 0.6 is 0 Å². The van der Waals surface area contributed by atoms with Crippen LogP contribution in [-0.4, -0.2) is 40.4 Å². The Hall–Kier alpha value is -3.11. The van der Waals surface area contributed by atoms with Crippen molar-refractivity contribution in [3.63, 3.8) is 0 Å². The number of rotatable bonds is 12. The van der Waals surface area contributed by atoms with Crippen molar-refractivity contribution >= 4 is 17.2 Å². The first-order chi connectivity index (χ1) is 20.8. The standard InChI is InChI=1S/C20H26N6O.C17H32/c1-20(6-7-20)27-14-2-3-16(22)15(10-14)19(23)17-11-18(25-12-24-17)26-8-4-13(21)5-9-26;1-8-11-14(4)16(13-10-3)17(6,7)15(5)12-9-2/h2-3,10-13,23H,4-9,21-22H2,1H3;14-16H,8,10-11,13H2,1-7H3. The van der Waals surface area contributed by atoms with Gasteiger partial charge in [0, 0.05) is 42.4 Å². The lowest BCUT2D eigenvalue weighted by Crippen LogP contribution is -2.40. The van der Waals surface area contributed by atoms with E-state index in [4.69, 9.17) is 21.6 Å². The number of anilines is 2. The van der Waals surface area contributed by atoms with Gasteiger partial charge >= 0.3 is 0 Å². The van der Waals surface area contributed by atoms with Gasteiger partial charge in [0.05, 0.1) is 11.4 Å². The van der Waals surface area contributed by atoms with E-state index >= 15 is 0 Å². The molecule has 4 rings (SSSR count). The Labute approximate surface area is 267 Å². The minimum Gasteiger partial charge on any atom is -0.488 e. The number of nitrogens with one attached hydrogen (secondary N) is 1. The number of benzene rings is 1. The summed E-state index contributed by atoms with van der Waals surface area (Å²) in [5.41, 5.74) is 14.4. The maximum atomic E-state index is 8.63. The number of nitrogen functional groups attached to an aromatic ring is 1. The Bertz CT molecular complexity index is 1280. The van der Waals surface area contributed by atoms with Crippen molar-refractivity contribution in [2.24, 2.45) is 28.9 Å². The predicted molar refractivity (Wildman–Crippen MR) is 185 cm³/mol. The molecule has 0 radical (unpaired) electrons. The van der Waals surface area contributed by atoms with Crippen LogP contribution < -0.4 is 21.1 Å². The number of aromatic nitrogens is 2. The zero-order valence-electron chi connectivity index (χ0n) is 28.7. The molecule has 242 valence electrons. The van der Waals surface area contributed by atoms with E-state index in [1.54, 1.807) is 6.07 Å². The minimum atomic E-state index is -0.0766. The van der Waals surface area contributed by atoms with E-state index in [-0.39, 0.29) is 17.4 Å². The van der Waals surface area contributed by atoms with E-state index in [9.17, 15) is 0 Å². The molecule has 1 aliphatic heterocycles. The Balaban J connectivity index is 0.000000271. The molecule has 44 heavy (non-hydrogen) atoms. The van der Waals surface area contributed by atoms with Crippen molar-refractivity contribution in [2.45, 2.75) is 118 Å². The molecule has 7 nitrogen and oxygen atoms in total. The third-order valence-electron chi connectivity index (χ3n) is 9.85. The summed E-state index contributed by atoms with van der Waals surface area (Å²) in [6.45, 7) is 19.9. The van der Waals surface area contributed by atoms with Gasteiger partial charge in [-0.05, 0) is 81.4 Å². The van der Waals surface area contributed by atoms with Crippen LogP contribution in [-0.2, 0) is 0 Å². The lowest BCUT2D eigenvalue weighted by molar-refractivity contribution is 0.0940. The average molecular weight is 603 g/mol. The van der Waals surface area contributed by atoms with Crippen LogP contribution in [0.2, 0.25) is 0 Å². The summed E-state index contributed by atoms with van der Waals surface area (Å²) in [5, 5.41) is 8.63. The van der Waals surface area contributed by atoms with Gasteiger partial charge in [-0.2, -0.15) is 0 Å². The Morgan fingerprint density at radius 1 is 1.11 bits per heavy atom. The minimum absolute atomic E-state index is 0.0766. The maximum Gasteiger partial charge on any atom is 0.132 e. The monoisotopic (exact) mass is 602 g/mol. The third-order valence-corrected chi connectivity index (χ3v) is 9.85. The highest BCUT2D eigenvalue weighted by Crippen LogP contribution is 2.43. The lowest BCUT2D eigenvalue weighted by atomic mass is 9.63. The van der Waals surface area contributed by atoms with Gasteiger partial charge in [-0.15, -0.1) is 5.92 Å². The van der Waals surface area contributed by atoms with Gasteiger partial charge in [0.1, 0.15) is 23.5 Å². The summed E-state index contributed by atoms with van der Waals surface area (Å²) in [6, 6.07) is 7.60. The van der Waals surface area contributed by atoms with Crippen molar-refractivity contribution in [2.75, 3.05) is 23.7 Å². The van der Waals surface area contributed by atoms with Crippen LogP contribution in [0.25, 0.3) is 0 Å². The molecule has 2 heterocycles. The van der Waals surface area contributed by atoms with E-state index < -0.39 is 0 Å². The number of nitrogens with two attached hydrogens (primary N) is 2. The van der Waals surface area contributed by atoms with Crippen LogP contribution in [0.1, 0.15) is 118 Å². The lowest BCUT2D eigenvalue weighted by Gasteiger charge is -2.41. The van der Waals surface area contributed by atoms with E-state index in [1.807, 2.05) is 25.1 Å². The van der Waals surface area contributed by atoms with Crippen molar-refractivity contribution in [1.82, 2.24) is 9.97 Å². The van der Waals surface area contributed by atoms with Gasteiger partial charge in [0.25, 0.3) is 0 Å². The van der Waals surface area contributed by atoms with Gasteiger partial charge in [-0.25, -0.2) is 9.97 Å². The number of hydrogen-bond acceptors (Lipinski definition) is 7. The number of nitrogens with zero attached hydrogens (tertiary/aromatic N) is 3. The van der Waals surface area contributed by atoms with E-state index in [0.717, 1.165) is 62.2 Å². The molecular weight excluding hydrogens is 544 g/mol. The first kappa shape index (κ1) is 35.4. The van der Waals surface area contributed by atoms with Crippen molar-refractivity contribution in [3.8, 4) is 17.6 Å². The topological polar surface area (TPSA) is 114 Å². The van der Waals surface area contributed by atoms with E-state index in [0.29, 0.717) is 28.3 Å². The summed E-state index contributed by atoms with van der Waals surface area (Å²) in [4.78, 5) is 10.9. The second kappa shape index (κ2) is 15.8. The molecule has 1 aromatic heterocycles. The van der Waals surface area contributed by atoms with Gasteiger partial charge in [0.2, 0.25) is 0 Å². The van der Waals surface area contributed by atoms with Gasteiger partial charge in [-0.1, -0.05) is 66.7 Å². The second-order valence-electron chi connectivity index (χ2n) is 13.9. The van der Waals surface area contributed by atoms with Crippen LogP contribution in [0.5, 0.6) is 5.75 Å². The summed E-state index contributed by atoms with van der Waals surface area (Å²) >= 11 is 0. The highest BCUT2D eigenvalue weighted by atomic mass is 16.5. The van der Waals surface area contributed by atoms with Crippen molar-refractivity contribution < 1.29 is 4.74 Å². The van der Waals surface area contributed by atoms with Crippen LogP contribution in [0.4, 0.5) is 11.5 Å². The molecule has 0 bridgehead atoms. The second-order valence-corrected chi connectivity index (χ2v) is 13.9. The molecule has 1 saturated heterocycles. The van der Waals surface area contributed by atoms with Gasteiger partial charge < -0.3 is 21.1 Å². The largest absolute Gasteiger partial charge is 0.488 e. The SMILES string of the molecule is CC#CC(C)C(C)(C)C(CCC)C(C)CCC.CC1(Oc2ccc(N)c(C(=N)c3cc(N4CCC(N)CC4)ncn3)c2)CC1. The fraction of sp³-hybridized carbons (Fsp3) is 0.649. The third kappa shape index (κ3) is 9.44. The molecule has 2 fully saturated rings. The fourth-order valence-electron chi connectivity index (χ4n) is 6.38. The Morgan fingerprint density at radius 3 is 2.36 bits per heavy atom. The zero-order valence-corrected chi connectivity index (χ0v) is 28.7. The fourth-order valence-corrected chi connectivity index (χ4v) is 6.38. The Kier molecular flexibility index (Phi) is 12.7. The normalized spacial score (nSPS) is 18.2. The molecule has 1 saturated carbocycles. The molecule has 3 unspecified atom stereocenters. The first-order valence-electron chi connectivity index (χ1n) is 16.8. The molecule has 0 amide bonds. The molecule has 2 aromatic rings. The molecule has 1 aromatic carbocycles. The Morgan fingerprint density at radius 2 is 1.77 bits per heavy atom. The summed E-state index contributed by atoms with van der Waals surface area (Å²) in [5.74, 6) is 10.1. The molecule has 3 atom stereocenters. The molecular formula is C37H58N6O. The molecule has 1 aliphatic carbocycles. The highest BCUT2D eigenvalue weighted by molar-refractivity contribution is 6.13. The predicted octanol–water partition coefficient (Wildman–Crippen LogP) is 7.86. The quantitative estimate of drug-likeness (QED) is 0.129. The average Bonchev–Trinajstić information content (AvgIpc) is 3.73. The molecule has 5 N–H and O–H groups in total. The van der Waals surface area contributed by atoms with E-state index in [1.165, 1.54) is 32.0 Å². The highest BCUT2D eigenvalue weighted by Gasteiger charge is 2.40. The molecule has 2 aliphatic rings. The van der Waals surface area contributed by atoms with Crippen molar-refractivity contribution in [3.05, 3.63) is 41.9 Å². The van der Waals surface area contributed by atoms with Gasteiger partial charge in [0.15, 0.2) is 0 Å². The smallest absolute Gasteiger partial charge is 0.132 e. The van der Waals surface area contributed by atoms with Gasteiger partial charge in [-0.3, -0.25) is 5.41 Å². The number of hydrogen-bond donors (Lipinski definition) is 3. The van der Waals surface area contributed by atoms with E-state index in [2.05, 4.69) is 75.2 Å². The summed E-state index contributed by atoms with van der Waals surface area (Å²) in [7, 11) is 0. The molecule has 7 heteroatoms. The zero-order chi connectivity index (χ0) is 32.5.